The lowest BCUT2D eigenvalue weighted by Crippen LogP contribution is -2.43. The summed E-state index contributed by atoms with van der Waals surface area (Å²) in [5, 5.41) is 12.0. The van der Waals surface area contributed by atoms with E-state index in [0.29, 0.717) is 6.42 Å². The highest BCUT2D eigenvalue weighted by atomic mass is 19.1. The Morgan fingerprint density at radius 1 is 1.38 bits per heavy atom. The number of aliphatic hydroxyl groups excluding tert-OH is 1. The monoisotopic (exact) mass is 340 g/mol. The van der Waals surface area contributed by atoms with Crippen molar-refractivity contribution in [3.8, 4) is 0 Å². The van der Waals surface area contributed by atoms with Crippen LogP contribution in [0.5, 0.6) is 0 Å². The Labute approximate surface area is 141 Å². The number of alkyl halides is 1. The number of nitrogens with one attached hydrogen (secondary N) is 1. The van der Waals surface area contributed by atoms with Crippen molar-refractivity contribution in [3.63, 3.8) is 0 Å². The number of hydrogen-bond acceptors (Lipinski definition) is 2. The Bertz CT molecular complexity index is 571. The fraction of sp³-hybridized carbons (Fsp3) is 0.611. The van der Waals surface area contributed by atoms with Crippen LogP contribution >= 0.6 is 0 Å². The standard InChI is InChI=1S/C18H26F2N2O2/c1-17(2,3)10-15(13-4-6-14(19)7-5-13)21-16(24)22-9-8-18(20,11-22)12-23/h4-7,15,23H,8-12H2,1-3H3,(H,21,24)/t15-,18-/m0/s1. The summed E-state index contributed by atoms with van der Waals surface area (Å²) in [4.78, 5) is 13.9. The van der Waals surface area contributed by atoms with Crippen LogP contribution in [0.1, 0.15) is 45.2 Å². The highest BCUT2D eigenvalue weighted by molar-refractivity contribution is 5.75. The van der Waals surface area contributed by atoms with Crippen LogP contribution in [0.15, 0.2) is 24.3 Å². The van der Waals surface area contributed by atoms with Crippen molar-refractivity contribution < 1.29 is 18.7 Å². The first-order valence-corrected chi connectivity index (χ1v) is 8.23. The van der Waals surface area contributed by atoms with Crippen molar-refractivity contribution in [2.75, 3.05) is 19.7 Å². The summed E-state index contributed by atoms with van der Waals surface area (Å²) in [5.74, 6) is -0.329. The minimum absolute atomic E-state index is 0.0493. The summed E-state index contributed by atoms with van der Waals surface area (Å²) < 4.78 is 27.3. The van der Waals surface area contributed by atoms with Crippen LogP contribution in [-0.4, -0.2) is 41.4 Å². The first-order chi connectivity index (χ1) is 11.1. The number of aliphatic hydroxyl groups is 1. The molecule has 2 rings (SSSR count). The molecule has 2 atom stereocenters. The molecule has 1 aromatic carbocycles. The molecule has 0 radical (unpaired) electrons. The summed E-state index contributed by atoms with van der Waals surface area (Å²) in [7, 11) is 0. The third kappa shape index (κ3) is 4.90. The fourth-order valence-electron chi connectivity index (χ4n) is 2.94. The normalized spacial score (nSPS) is 22.5. The van der Waals surface area contributed by atoms with Crippen LogP contribution < -0.4 is 5.32 Å². The Kier molecular flexibility index (Phi) is 5.48. The average Bonchev–Trinajstić information content (AvgIpc) is 2.89. The molecule has 134 valence electrons. The lowest BCUT2D eigenvalue weighted by molar-refractivity contribution is 0.0802. The first-order valence-electron chi connectivity index (χ1n) is 8.23. The first kappa shape index (κ1) is 18.6. The van der Waals surface area contributed by atoms with E-state index in [1.165, 1.54) is 17.0 Å². The second kappa shape index (κ2) is 7.05. The van der Waals surface area contributed by atoms with E-state index in [0.717, 1.165) is 5.56 Å². The summed E-state index contributed by atoms with van der Waals surface area (Å²) in [6.07, 6.45) is 0.802. The lowest BCUT2D eigenvalue weighted by Gasteiger charge is -2.29. The van der Waals surface area contributed by atoms with E-state index in [-0.39, 0.29) is 42.8 Å². The molecular weight excluding hydrogens is 314 g/mol. The molecule has 2 N–H and O–H groups in total. The van der Waals surface area contributed by atoms with Crippen LogP contribution in [0.3, 0.4) is 0 Å². The van der Waals surface area contributed by atoms with Crippen molar-refractivity contribution in [2.24, 2.45) is 5.41 Å². The molecule has 0 bridgehead atoms. The average molecular weight is 340 g/mol. The predicted molar refractivity (Wildman–Crippen MR) is 88.9 cm³/mol. The summed E-state index contributed by atoms with van der Waals surface area (Å²) >= 11 is 0. The van der Waals surface area contributed by atoms with Gasteiger partial charge in [-0.3, -0.25) is 0 Å². The molecule has 0 aliphatic carbocycles. The number of urea groups is 1. The topological polar surface area (TPSA) is 52.6 Å². The SMILES string of the molecule is CC(C)(C)C[C@H](NC(=O)N1CC[C@@](F)(CO)C1)c1ccc(F)cc1. The van der Waals surface area contributed by atoms with E-state index < -0.39 is 12.3 Å². The van der Waals surface area contributed by atoms with Crippen molar-refractivity contribution >= 4 is 6.03 Å². The highest BCUT2D eigenvalue weighted by Gasteiger charge is 2.40. The smallest absolute Gasteiger partial charge is 0.317 e. The van der Waals surface area contributed by atoms with Crippen LogP contribution in [-0.2, 0) is 0 Å². The number of rotatable bonds is 4. The zero-order chi connectivity index (χ0) is 18.0. The molecule has 1 saturated heterocycles. The maximum absolute atomic E-state index is 14.1. The van der Waals surface area contributed by atoms with Crippen molar-refractivity contribution in [2.45, 2.75) is 45.3 Å². The molecule has 1 aliphatic heterocycles. The summed E-state index contributed by atoms with van der Waals surface area (Å²) in [6, 6.07) is 5.40. The van der Waals surface area contributed by atoms with Crippen molar-refractivity contribution in [3.05, 3.63) is 35.6 Å². The van der Waals surface area contributed by atoms with E-state index in [2.05, 4.69) is 26.1 Å². The number of carbonyl (C=O) groups is 1. The minimum atomic E-state index is -1.72. The van der Waals surface area contributed by atoms with E-state index in [1.54, 1.807) is 12.1 Å². The van der Waals surface area contributed by atoms with E-state index >= 15 is 0 Å². The van der Waals surface area contributed by atoms with E-state index in [9.17, 15) is 13.6 Å². The molecule has 2 amide bonds. The largest absolute Gasteiger partial charge is 0.393 e. The second-order valence-electron chi connectivity index (χ2n) is 7.80. The fourth-order valence-corrected chi connectivity index (χ4v) is 2.94. The van der Waals surface area contributed by atoms with Gasteiger partial charge in [0.15, 0.2) is 5.67 Å². The molecule has 0 unspecified atom stereocenters. The molecule has 0 aromatic heterocycles. The Morgan fingerprint density at radius 2 is 2.00 bits per heavy atom. The molecule has 6 heteroatoms. The number of hydrogen-bond donors (Lipinski definition) is 2. The van der Waals surface area contributed by atoms with Gasteiger partial charge in [0.1, 0.15) is 5.82 Å². The van der Waals surface area contributed by atoms with Gasteiger partial charge in [0.2, 0.25) is 0 Å². The molecule has 1 aliphatic rings. The highest BCUT2D eigenvalue weighted by Crippen LogP contribution is 2.31. The predicted octanol–water partition coefficient (Wildman–Crippen LogP) is 3.42. The molecular formula is C18H26F2N2O2. The van der Waals surface area contributed by atoms with Crippen molar-refractivity contribution in [1.29, 1.82) is 0 Å². The molecule has 0 saturated carbocycles. The van der Waals surface area contributed by atoms with E-state index in [4.69, 9.17) is 5.11 Å². The van der Waals surface area contributed by atoms with Crippen LogP contribution in [0.2, 0.25) is 0 Å². The van der Waals surface area contributed by atoms with Crippen LogP contribution in [0.25, 0.3) is 0 Å². The number of benzene rings is 1. The van der Waals surface area contributed by atoms with Gasteiger partial charge in [0, 0.05) is 13.0 Å². The Hall–Kier alpha value is -1.69. The summed E-state index contributed by atoms with van der Waals surface area (Å²) in [6.45, 7) is 5.76. The third-order valence-electron chi connectivity index (χ3n) is 4.26. The number of amides is 2. The molecule has 1 aromatic rings. The lowest BCUT2D eigenvalue weighted by atomic mass is 9.85. The van der Waals surface area contributed by atoms with Gasteiger partial charge in [-0.15, -0.1) is 0 Å². The van der Waals surface area contributed by atoms with Gasteiger partial charge in [-0.2, -0.15) is 0 Å². The van der Waals surface area contributed by atoms with Gasteiger partial charge in [0.25, 0.3) is 0 Å². The molecule has 1 fully saturated rings. The third-order valence-corrected chi connectivity index (χ3v) is 4.26. The molecule has 1 heterocycles. The Morgan fingerprint density at radius 3 is 2.50 bits per heavy atom. The zero-order valence-corrected chi connectivity index (χ0v) is 14.5. The van der Waals surface area contributed by atoms with Crippen LogP contribution in [0.4, 0.5) is 13.6 Å². The number of halogens is 2. The molecule has 4 nitrogen and oxygen atoms in total. The maximum atomic E-state index is 14.1. The quantitative estimate of drug-likeness (QED) is 0.882. The maximum Gasteiger partial charge on any atom is 0.317 e. The zero-order valence-electron chi connectivity index (χ0n) is 14.5. The van der Waals surface area contributed by atoms with Gasteiger partial charge in [-0.1, -0.05) is 32.9 Å². The second-order valence-corrected chi connectivity index (χ2v) is 7.80. The van der Waals surface area contributed by atoms with Gasteiger partial charge >= 0.3 is 6.03 Å². The number of carbonyl (C=O) groups excluding carboxylic acids is 1. The molecule has 24 heavy (non-hydrogen) atoms. The van der Waals surface area contributed by atoms with Gasteiger partial charge in [-0.25, -0.2) is 13.6 Å². The van der Waals surface area contributed by atoms with Gasteiger partial charge < -0.3 is 15.3 Å². The number of likely N-dealkylation sites (tertiary alicyclic amines) is 1. The number of nitrogens with zero attached hydrogens (tertiary/aromatic N) is 1. The van der Waals surface area contributed by atoms with Crippen molar-refractivity contribution in [1.82, 2.24) is 10.2 Å². The van der Waals surface area contributed by atoms with Gasteiger partial charge in [-0.05, 0) is 29.5 Å². The van der Waals surface area contributed by atoms with Crippen LogP contribution in [0, 0.1) is 11.2 Å². The van der Waals surface area contributed by atoms with E-state index in [1.807, 2.05) is 0 Å². The Balaban J connectivity index is 2.10. The van der Waals surface area contributed by atoms with Gasteiger partial charge in [0.05, 0.1) is 19.2 Å². The summed E-state index contributed by atoms with van der Waals surface area (Å²) in [5.41, 5.74) is -0.952. The molecule has 0 spiro atoms. The minimum Gasteiger partial charge on any atom is -0.393 e.